The minimum absolute atomic E-state index is 0.0277. The molecule has 1 amide bonds. The predicted octanol–water partition coefficient (Wildman–Crippen LogP) is 4.89. The first-order chi connectivity index (χ1) is 10.0. The highest BCUT2D eigenvalue weighted by Crippen LogP contribution is 2.21. The zero-order valence-electron chi connectivity index (χ0n) is 12.1. The molecule has 0 bridgehead atoms. The third-order valence-corrected chi connectivity index (χ3v) is 4.72. The molecule has 0 aliphatic rings. The molecule has 0 heterocycles. The van der Waals surface area contributed by atoms with Crippen molar-refractivity contribution in [2.45, 2.75) is 19.9 Å². The van der Waals surface area contributed by atoms with Gasteiger partial charge in [0.1, 0.15) is 0 Å². The molecule has 0 saturated heterocycles. The molecule has 0 N–H and O–H groups in total. The van der Waals surface area contributed by atoms with E-state index in [0.717, 1.165) is 20.0 Å². The zero-order chi connectivity index (χ0) is 15.4. The van der Waals surface area contributed by atoms with E-state index in [-0.39, 0.29) is 5.91 Å². The first-order valence-electron chi connectivity index (χ1n) is 6.79. The fraction of sp³-hybridized carbons (Fsp3) is 0.235. The summed E-state index contributed by atoms with van der Waals surface area (Å²) in [6.07, 6.45) is 1.03. The minimum atomic E-state index is 0.0277. The fourth-order valence-electron chi connectivity index (χ4n) is 2.09. The molecule has 2 aromatic carbocycles. The van der Waals surface area contributed by atoms with Gasteiger partial charge in [-0.25, -0.2) is 0 Å². The van der Waals surface area contributed by atoms with Crippen LogP contribution >= 0.6 is 38.5 Å². The van der Waals surface area contributed by atoms with Crippen molar-refractivity contribution in [3.05, 3.63) is 67.2 Å². The summed E-state index contributed by atoms with van der Waals surface area (Å²) in [7, 11) is 1.84. The molecule has 0 radical (unpaired) electrons. The molecular formula is C17H17BrINO. The monoisotopic (exact) mass is 457 g/mol. The lowest BCUT2D eigenvalue weighted by Crippen LogP contribution is -2.26. The number of aryl methyl sites for hydroxylation is 1. The zero-order valence-corrected chi connectivity index (χ0v) is 15.8. The van der Waals surface area contributed by atoms with Gasteiger partial charge in [0.2, 0.25) is 0 Å². The molecule has 0 aromatic heterocycles. The van der Waals surface area contributed by atoms with Crippen molar-refractivity contribution in [2.75, 3.05) is 7.05 Å². The second kappa shape index (κ2) is 7.40. The van der Waals surface area contributed by atoms with Crippen molar-refractivity contribution >= 4 is 44.4 Å². The van der Waals surface area contributed by atoms with Crippen molar-refractivity contribution < 1.29 is 4.79 Å². The van der Waals surface area contributed by atoms with Gasteiger partial charge in [-0.05, 0) is 74.3 Å². The Kier molecular flexibility index (Phi) is 5.81. The van der Waals surface area contributed by atoms with Gasteiger partial charge in [-0.2, -0.15) is 0 Å². The lowest BCUT2D eigenvalue weighted by molar-refractivity contribution is 0.0784. The quantitative estimate of drug-likeness (QED) is 0.598. The molecule has 0 spiro atoms. The van der Waals surface area contributed by atoms with E-state index < -0.39 is 0 Å². The summed E-state index contributed by atoms with van der Waals surface area (Å²) in [5, 5.41) is 0. The third kappa shape index (κ3) is 4.30. The van der Waals surface area contributed by atoms with E-state index in [1.54, 1.807) is 4.90 Å². The Morgan fingerprint density at radius 3 is 2.38 bits per heavy atom. The lowest BCUT2D eigenvalue weighted by Gasteiger charge is -2.18. The van der Waals surface area contributed by atoms with Crippen LogP contribution in [0.4, 0.5) is 0 Å². The number of amides is 1. The number of carbonyl (C=O) groups is 1. The largest absolute Gasteiger partial charge is 0.337 e. The highest BCUT2D eigenvalue weighted by molar-refractivity contribution is 14.1. The van der Waals surface area contributed by atoms with Gasteiger partial charge in [0, 0.05) is 21.6 Å². The van der Waals surface area contributed by atoms with Gasteiger partial charge in [-0.15, -0.1) is 0 Å². The topological polar surface area (TPSA) is 20.3 Å². The van der Waals surface area contributed by atoms with Crippen molar-refractivity contribution in [2.24, 2.45) is 0 Å². The van der Waals surface area contributed by atoms with E-state index in [1.807, 2.05) is 25.2 Å². The lowest BCUT2D eigenvalue weighted by atomic mass is 10.1. The summed E-state index contributed by atoms with van der Waals surface area (Å²) < 4.78 is 1.89. The molecule has 110 valence electrons. The van der Waals surface area contributed by atoms with Crippen LogP contribution < -0.4 is 0 Å². The number of hydrogen-bond acceptors (Lipinski definition) is 1. The SMILES string of the molecule is CCc1ccc(CN(C)C(=O)c2cc(I)ccc2Br)cc1. The Hall–Kier alpha value is -0.880. The molecule has 0 unspecified atom stereocenters. The van der Waals surface area contributed by atoms with Crippen molar-refractivity contribution in [1.82, 2.24) is 4.90 Å². The van der Waals surface area contributed by atoms with Crippen LogP contribution in [0.5, 0.6) is 0 Å². The Balaban J connectivity index is 2.13. The number of halogens is 2. The maximum Gasteiger partial charge on any atom is 0.255 e. The van der Waals surface area contributed by atoms with Crippen LogP contribution in [0, 0.1) is 3.57 Å². The number of carbonyl (C=O) groups excluding carboxylic acids is 1. The maximum absolute atomic E-state index is 12.5. The summed E-state index contributed by atoms with van der Waals surface area (Å²) in [6, 6.07) is 14.2. The van der Waals surface area contributed by atoms with E-state index >= 15 is 0 Å². The second-order valence-electron chi connectivity index (χ2n) is 4.96. The summed E-state index contributed by atoms with van der Waals surface area (Å²) in [4.78, 5) is 14.3. The van der Waals surface area contributed by atoms with Gasteiger partial charge in [0.05, 0.1) is 5.56 Å². The molecule has 0 fully saturated rings. The summed E-state index contributed by atoms with van der Waals surface area (Å²) >= 11 is 5.67. The van der Waals surface area contributed by atoms with Crippen molar-refractivity contribution in [3.63, 3.8) is 0 Å². The number of benzene rings is 2. The first kappa shape index (κ1) is 16.5. The minimum Gasteiger partial charge on any atom is -0.337 e. The van der Waals surface area contributed by atoms with Gasteiger partial charge >= 0.3 is 0 Å². The van der Waals surface area contributed by atoms with Crippen LogP contribution in [0.2, 0.25) is 0 Å². The Morgan fingerprint density at radius 2 is 1.76 bits per heavy atom. The smallest absolute Gasteiger partial charge is 0.255 e. The Labute approximate surface area is 147 Å². The van der Waals surface area contributed by atoms with Gasteiger partial charge in [-0.1, -0.05) is 31.2 Å². The van der Waals surface area contributed by atoms with Crippen molar-refractivity contribution in [3.8, 4) is 0 Å². The molecular weight excluding hydrogens is 441 g/mol. The van der Waals surface area contributed by atoms with Crippen LogP contribution in [0.3, 0.4) is 0 Å². The van der Waals surface area contributed by atoms with Gasteiger partial charge in [-0.3, -0.25) is 4.79 Å². The van der Waals surface area contributed by atoms with Crippen LogP contribution in [-0.4, -0.2) is 17.9 Å². The standard InChI is InChI=1S/C17H17BrINO/c1-3-12-4-6-13(7-5-12)11-20(2)17(21)15-10-14(19)8-9-16(15)18/h4-10H,3,11H2,1-2H3. The molecule has 21 heavy (non-hydrogen) atoms. The highest BCUT2D eigenvalue weighted by Gasteiger charge is 2.15. The molecule has 4 heteroatoms. The second-order valence-corrected chi connectivity index (χ2v) is 7.06. The Morgan fingerprint density at radius 1 is 1.14 bits per heavy atom. The summed E-state index contributed by atoms with van der Waals surface area (Å²) in [5.74, 6) is 0.0277. The summed E-state index contributed by atoms with van der Waals surface area (Å²) in [5.41, 5.74) is 3.16. The maximum atomic E-state index is 12.5. The molecule has 0 aliphatic heterocycles. The molecule has 0 saturated carbocycles. The average Bonchev–Trinajstić information content (AvgIpc) is 2.49. The molecule has 0 atom stereocenters. The van der Waals surface area contributed by atoms with Crippen LogP contribution in [0.1, 0.15) is 28.4 Å². The van der Waals surface area contributed by atoms with Gasteiger partial charge < -0.3 is 4.90 Å². The normalized spacial score (nSPS) is 10.5. The van der Waals surface area contributed by atoms with E-state index in [1.165, 1.54) is 5.56 Å². The highest BCUT2D eigenvalue weighted by atomic mass is 127. The predicted molar refractivity (Wildman–Crippen MR) is 98.5 cm³/mol. The third-order valence-electron chi connectivity index (χ3n) is 3.36. The van der Waals surface area contributed by atoms with E-state index in [0.29, 0.717) is 12.1 Å². The Bertz CT molecular complexity index is 640. The number of nitrogens with zero attached hydrogens (tertiary/aromatic N) is 1. The first-order valence-corrected chi connectivity index (χ1v) is 8.66. The van der Waals surface area contributed by atoms with E-state index in [9.17, 15) is 4.79 Å². The van der Waals surface area contributed by atoms with Crippen LogP contribution in [0.25, 0.3) is 0 Å². The average molecular weight is 458 g/mol. The van der Waals surface area contributed by atoms with E-state index in [2.05, 4.69) is 69.7 Å². The fourth-order valence-corrected chi connectivity index (χ4v) is 3.00. The van der Waals surface area contributed by atoms with Crippen LogP contribution in [-0.2, 0) is 13.0 Å². The van der Waals surface area contributed by atoms with Gasteiger partial charge in [0.25, 0.3) is 5.91 Å². The van der Waals surface area contributed by atoms with Crippen LogP contribution in [0.15, 0.2) is 46.9 Å². The van der Waals surface area contributed by atoms with Crippen molar-refractivity contribution in [1.29, 1.82) is 0 Å². The molecule has 2 nitrogen and oxygen atoms in total. The number of rotatable bonds is 4. The van der Waals surface area contributed by atoms with E-state index in [4.69, 9.17) is 0 Å². The molecule has 2 aromatic rings. The molecule has 2 rings (SSSR count). The van der Waals surface area contributed by atoms with Gasteiger partial charge in [0.15, 0.2) is 0 Å². The molecule has 0 aliphatic carbocycles. The number of hydrogen-bond donors (Lipinski definition) is 0. The summed E-state index contributed by atoms with van der Waals surface area (Å²) in [6.45, 7) is 2.75.